The Kier molecular flexibility index (Phi) is 5.36. The van der Waals surface area contributed by atoms with E-state index in [4.69, 9.17) is 16.2 Å². The zero-order valence-corrected chi connectivity index (χ0v) is 9.32. The van der Waals surface area contributed by atoms with Gasteiger partial charge in [0.25, 0.3) is 0 Å². The van der Waals surface area contributed by atoms with Crippen molar-refractivity contribution in [3.05, 3.63) is 29.8 Å². The Labute approximate surface area is 95.6 Å². The third kappa shape index (κ3) is 4.31. The number of benzene rings is 1. The highest BCUT2D eigenvalue weighted by molar-refractivity contribution is 5.92. The van der Waals surface area contributed by atoms with Crippen LogP contribution in [0.1, 0.15) is 29.6 Å². The summed E-state index contributed by atoms with van der Waals surface area (Å²) in [6, 6.07) is 6.83. The van der Waals surface area contributed by atoms with Crippen molar-refractivity contribution in [3.63, 3.8) is 0 Å². The van der Waals surface area contributed by atoms with Gasteiger partial charge in [-0.05, 0) is 50.1 Å². The Balaban J connectivity index is 2.29. The Morgan fingerprint density at radius 2 is 1.81 bits per heavy atom. The first-order valence-corrected chi connectivity index (χ1v) is 5.47. The van der Waals surface area contributed by atoms with E-state index in [1.807, 2.05) is 0 Å². The van der Waals surface area contributed by atoms with Crippen LogP contribution in [0.2, 0.25) is 0 Å². The van der Waals surface area contributed by atoms with Gasteiger partial charge in [0.05, 0.1) is 6.61 Å². The molecular formula is C12H18N2O2. The first kappa shape index (κ1) is 12.5. The first-order chi connectivity index (χ1) is 7.74. The van der Waals surface area contributed by atoms with Gasteiger partial charge < -0.3 is 16.2 Å². The van der Waals surface area contributed by atoms with Gasteiger partial charge in [0.15, 0.2) is 0 Å². The van der Waals surface area contributed by atoms with Gasteiger partial charge in [0.1, 0.15) is 5.75 Å². The highest BCUT2D eigenvalue weighted by Crippen LogP contribution is 2.12. The molecule has 1 aromatic rings. The van der Waals surface area contributed by atoms with Crippen LogP contribution in [-0.4, -0.2) is 19.1 Å². The molecule has 0 heterocycles. The summed E-state index contributed by atoms with van der Waals surface area (Å²) in [5, 5.41) is 0. The molecule has 0 aliphatic carbocycles. The molecule has 0 saturated heterocycles. The van der Waals surface area contributed by atoms with Crippen molar-refractivity contribution in [2.45, 2.75) is 19.3 Å². The van der Waals surface area contributed by atoms with E-state index in [-0.39, 0.29) is 0 Å². The maximum absolute atomic E-state index is 10.8. The maximum atomic E-state index is 10.8. The Hall–Kier alpha value is -1.55. The maximum Gasteiger partial charge on any atom is 0.248 e. The first-order valence-electron chi connectivity index (χ1n) is 5.47. The molecule has 16 heavy (non-hydrogen) atoms. The highest BCUT2D eigenvalue weighted by atomic mass is 16.5. The summed E-state index contributed by atoms with van der Waals surface area (Å²) in [5.74, 6) is 0.340. The Bertz CT molecular complexity index is 322. The Morgan fingerprint density at radius 3 is 2.38 bits per heavy atom. The minimum atomic E-state index is -0.422. The SMILES string of the molecule is NCCCCCOc1ccc(C(N)=O)cc1. The molecule has 88 valence electrons. The molecule has 0 aliphatic rings. The van der Waals surface area contributed by atoms with E-state index in [0.717, 1.165) is 31.6 Å². The van der Waals surface area contributed by atoms with E-state index < -0.39 is 5.91 Å². The van der Waals surface area contributed by atoms with E-state index in [9.17, 15) is 4.79 Å². The van der Waals surface area contributed by atoms with E-state index in [1.54, 1.807) is 24.3 Å². The second kappa shape index (κ2) is 6.85. The molecule has 0 saturated carbocycles. The lowest BCUT2D eigenvalue weighted by Gasteiger charge is -2.05. The molecule has 0 unspecified atom stereocenters. The van der Waals surface area contributed by atoms with Crippen molar-refractivity contribution < 1.29 is 9.53 Å². The Morgan fingerprint density at radius 1 is 1.12 bits per heavy atom. The number of carbonyl (C=O) groups excluding carboxylic acids is 1. The van der Waals surface area contributed by atoms with E-state index in [0.29, 0.717) is 12.2 Å². The van der Waals surface area contributed by atoms with Gasteiger partial charge in [-0.2, -0.15) is 0 Å². The van der Waals surface area contributed by atoms with Crippen molar-refractivity contribution in [3.8, 4) is 5.75 Å². The number of unbranched alkanes of at least 4 members (excludes halogenated alkanes) is 2. The number of nitrogens with two attached hydrogens (primary N) is 2. The lowest BCUT2D eigenvalue weighted by molar-refractivity contribution is 0.100. The summed E-state index contributed by atoms with van der Waals surface area (Å²) >= 11 is 0. The van der Waals surface area contributed by atoms with Crippen LogP contribution in [0.3, 0.4) is 0 Å². The monoisotopic (exact) mass is 222 g/mol. The summed E-state index contributed by atoms with van der Waals surface area (Å²) in [6.07, 6.45) is 3.11. The zero-order valence-electron chi connectivity index (χ0n) is 9.32. The minimum absolute atomic E-state index is 0.422. The number of carbonyl (C=O) groups is 1. The minimum Gasteiger partial charge on any atom is -0.494 e. The number of ether oxygens (including phenoxy) is 1. The van der Waals surface area contributed by atoms with Crippen LogP contribution >= 0.6 is 0 Å². The third-order valence-electron chi connectivity index (χ3n) is 2.26. The third-order valence-corrected chi connectivity index (χ3v) is 2.26. The lowest BCUT2D eigenvalue weighted by Crippen LogP contribution is -2.10. The standard InChI is InChI=1S/C12H18N2O2/c13-8-2-1-3-9-16-11-6-4-10(5-7-11)12(14)15/h4-7H,1-3,8-9,13H2,(H2,14,15). The lowest BCUT2D eigenvalue weighted by atomic mass is 10.2. The molecule has 4 heteroatoms. The van der Waals surface area contributed by atoms with Gasteiger partial charge >= 0.3 is 0 Å². The van der Waals surface area contributed by atoms with Crippen LogP contribution in [0.25, 0.3) is 0 Å². The smallest absolute Gasteiger partial charge is 0.248 e. The molecule has 0 atom stereocenters. The van der Waals surface area contributed by atoms with Crippen LogP contribution in [-0.2, 0) is 0 Å². The highest BCUT2D eigenvalue weighted by Gasteiger charge is 1.99. The van der Waals surface area contributed by atoms with Gasteiger partial charge in [-0.25, -0.2) is 0 Å². The fourth-order valence-electron chi connectivity index (χ4n) is 1.33. The molecule has 1 aromatic carbocycles. The summed E-state index contributed by atoms with van der Waals surface area (Å²) < 4.78 is 5.49. The van der Waals surface area contributed by atoms with Crippen molar-refractivity contribution in [1.82, 2.24) is 0 Å². The average molecular weight is 222 g/mol. The predicted octanol–water partition coefficient (Wildman–Crippen LogP) is 1.29. The molecule has 1 rings (SSSR count). The van der Waals surface area contributed by atoms with Crippen molar-refractivity contribution in [1.29, 1.82) is 0 Å². The number of hydrogen-bond donors (Lipinski definition) is 2. The van der Waals surface area contributed by atoms with Crippen molar-refractivity contribution >= 4 is 5.91 Å². The average Bonchev–Trinajstić information content (AvgIpc) is 2.29. The van der Waals surface area contributed by atoms with Gasteiger partial charge in [-0.15, -0.1) is 0 Å². The summed E-state index contributed by atoms with van der Waals surface area (Å²) in [4.78, 5) is 10.8. The number of primary amides is 1. The summed E-state index contributed by atoms with van der Waals surface area (Å²) in [6.45, 7) is 1.41. The molecule has 0 aliphatic heterocycles. The molecule has 4 N–H and O–H groups in total. The van der Waals surface area contributed by atoms with Crippen LogP contribution in [0.15, 0.2) is 24.3 Å². The van der Waals surface area contributed by atoms with E-state index >= 15 is 0 Å². The second-order valence-electron chi connectivity index (χ2n) is 3.59. The van der Waals surface area contributed by atoms with Gasteiger partial charge in [-0.3, -0.25) is 4.79 Å². The summed E-state index contributed by atoms with van der Waals surface area (Å²) in [7, 11) is 0. The quantitative estimate of drug-likeness (QED) is 0.682. The summed E-state index contributed by atoms with van der Waals surface area (Å²) in [5.41, 5.74) is 11.0. The molecule has 0 radical (unpaired) electrons. The molecular weight excluding hydrogens is 204 g/mol. The fourth-order valence-corrected chi connectivity index (χ4v) is 1.33. The normalized spacial score (nSPS) is 10.1. The molecule has 0 bridgehead atoms. The van der Waals surface area contributed by atoms with Gasteiger partial charge in [0.2, 0.25) is 5.91 Å². The largest absolute Gasteiger partial charge is 0.494 e. The molecule has 0 spiro atoms. The second-order valence-corrected chi connectivity index (χ2v) is 3.59. The van der Waals surface area contributed by atoms with Crippen molar-refractivity contribution in [2.75, 3.05) is 13.2 Å². The van der Waals surface area contributed by atoms with Crippen LogP contribution < -0.4 is 16.2 Å². The van der Waals surface area contributed by atoms with Gasteiger partial charge in [0, 0.05) is 5.56 Å². The van der Waals surface area contributed by atoms with Crippen molar-refractivity contribution in [2.24, 2.45) is 11.5 Å². The van der Waals surface area contributed by atoms with Gasteiger partial charge in [-0.1, -0.05) is 0 Å². The van der Waals surface area contributed by atoms with Crippen LogP contribution in [0.5, 0.6) is 5.75 Å². The topological polar surface area (TPSA) is 78.3 Å². The van der Waals surface area contributed by atoms with E-state index in [1.165, 1.54) is 0 Å². The van der Waals surface area contributed by atoms with Crippen LogP contribution in [0.4, 0.5) is 0 Å². The molecule has 1 amide bonds. The fraction of sp³-hybridized carbons (Fsp3) is 0.417. The number of rotatable bonds is 7. The zero-order chi connectivity index (χ0) is 11.8. The van der Waals surface area contributed by atoms with Crippen LogP contribution in [0, 0.1) is 0 Å². The molecule has 0 fully saturated rings. The predicted molar refractivity (Wildman–Crippen MR) is 63.4 cm³/mol. The number of hydrogen-bond acceptors (Lipinski definition) is 3. The molecule has 0 aromatic heterocycles. The van der Waals surface area contributed by atoms with E-state index in [2.05, 4.69) is 0 Å². The number of amides is 1. The molecule has 4 nitrogen and oxygen atoms in total.